The Hall–Kier alpha value is -1.12. The molecule has 0 saturated heterocycles. The summed E-state index contributed by atoms with van der Waals surface area (Å²) in [4.78, 5) is 5.10. The molecule has 0 amide bonds. The number of furan rings is 1. The molecule has 122 valence electrons. The molecular formula is C15H15BrClN3O2S. The monoisotopic (exact) mass is 415 g/mol. The van der Waals surface area contributed by atoms with Gasteiger partial charge in [-0.2, -0.15) is 0 Å². The lowest BCUT2D eigenvalue weighted by atomic mass is 10.1. The van der Waals surface area contributed by atoms with E-state index in [2.05, 4.69) is 26.2 Å². The number of aliphatic hydroxyl groups is 1. The van der Waals surface area contributed by atoms with Gasteiger partial charge >= 0.3 is 0 Å². The predicted octanol–water partition coefficient (Wildman–Crippen LogP) is 4.30. The molecule has 3 aromatic heterocycles. The summed E-state index contributed by atoms with van der Waals surface area (Å²) in [5.41, 5.74) is 7.36. The van der Waals surface area contributed by atoms with Crippen LogP contribution in [0, 0.1) is 0 Å². The number of nitrogens with two attached hydrogens (primary N) is 1. The van der Waals surface area contributed by atoms with Crippen LogP contribution in [0.15, 0.2) is 33.4 Å². The summed E-state index contributed by atoms with van der Waals surface area (Å²) in [5, 5.41) is 14.0. The van der Waals surface area contributed by atoms with Crippen LogP contribution in [0.25, 0.3) is 10.2 Å². The molecule has 2 atom stereocenters. The molecule has 0 fully saturated rings. The first-order chi connectivity index (χ1) is 11.0. The van der Waals surface area contributed by atoms with E-state index in [-0.39, 0.29) is 6.04 Å². The maximum Gasteiger partial charge on any atom is 0.131 e. The zero-order valence-electron chi connectivity index (χ0n) is 12.2. The Balaban J connectivity index is 2.02. The molecule has 0 aliphatic carbocycles. The number of aliphatic hydroxyl groups excluding tert-OH is 1. The molecule has 3 aromatic rings. The second-order valence-corrected chi connectivity index (χ2v) is 7.42. The van der Waals surface area contributed by atoms with Gasteiger partial charge < -0.3 is 20.6 Å². The van der Waals surface area contributed by atoms with Crippen LogP contribution in [0.4, 0.5) is 5.69 Å². The molecule has 5 nitrogen and oxygen atoms in total. The van der Waals surface area contributed by atoms with E-state index in [1.165, 1.54) is 11.3 Å². The van der Waals surface area contributed by atoms with Gasteiger partial charge in [-0.25, -0.2) is 4.98 Å². The number of rotatable bonds is 5. The fourth-order valence-corrected chi connectivity index (χ4v) is 4.50. The Morgan fingerprint density at radius 1 is 1.57 bits per heavy atom. The molecular weight excluding hydrogens is 402 g/mol. The minimum absolute atomic E-state index is 0.375. The van der Waals surface area contributed by atoms with Gasteiger partial charge in [-0.15, -0.1) is 11.3 Å². The average Bonchev–Trinajstić information content (AvgIpc) is 3.13. The van der Waals surface area contributed by atoms with Crippen molar-refractivity contribution in [2.45, 2.75) is 25.6 Å². The Bertz CT molecular complexity index is 820. The SMILES string of the molecule is CC(N)C(O)c1sc2c(NCc3ccco3)cc(Cl)nc2c1Br. The highest BCUT2D eigenvalue weighted by molar-refractivity contribution is 9.10. The molecule has 3 heterocycles. The Labute approximate surface area is 150 Å². The van der Waals surface area contributed by atoms with Gasteiger partial charge in [0.05, 0.1) is 38.1 Å². The Morgan fingerprint density at radius 2 is 2.35 bits per heavy atom. The van der Waals surface area contributed by atoms with Crippen molar-refractivity contribution in [3.05, 3.63) is 44.7 Å². The van der Waals surface area contributed by atoms with Gasteiger partial charge in [0, 0.05) is 12.1 Å². The average molecular weight is 417 g/mol. The summed E-state index contributed by atoms with van der Waals surface area (Å²) in [6, 6.07) is 5.11. The smallest absolute Gasteiger partial charge is 0.131 e. The molecule has 0 saturated carbocycles. The van der Waals surface area contributed by atoms with Crippen molar-refractivity contribution in [1.29, 1.82) is 0 Å². The van der Waals surface area contributed by atoms with Crippen LogP contribution < -0.4 is 11.1 Å². The highest BCUT2D eigenvalue weighted by atomic mass is 79.9. The second kappa shape index (κ2) is 6.78. The minimum Gasteiger partial charge on any atom is -0.467 e. The van der Waals surface area contributed by atoms with Gasteiger partial charge in [-0.05, 0) is 35.0 Å². The van der Waals surface area contributed by atoms with E-state index in [4.69, 9.17) is 21.8 Å². The number of nitrogens with one attached hydrogen (secondary N) is 1. The van der Waals surface area contributed by atoms with Gasteiger partial charge in [0.1, 0.15) is 17.0 Å². The van der Waals surface area contributed by atoms with Crippen molar-refractivity contribution < 1.29 is 9.52 Å². The predicted molar refractivity (Wildman–Crippen MR) is 97.0 cm³/mol. The van der Waals surface area contributed by atoms with Crippen LogP contribution in [0.3, 0.4) is 0 Å². The van der Waals surface area contributed by atoms with E-state index >= 15 is 0 Å². The van der Waals surface area contributed by atoms with Gasteiger partial charge in [0.15, 0.2) is 0 Å². The zero-order valence-corrected chi connectivity index (χ0v) is 15.4. The number of hydrogen-bond acceptors (Lipinski definition) is 6. The summed E-state index contributed by atoms with van der Waals surface area (Å²) in [7, 11) is 0. The van der Waals surface area contributed by atoms with Crippen molar-refractivity contribution in [3.8, 4) is 0 Å². The molecule has 23 heavy (non-hydrogen) atoms. The summed E-state index contributed by atoms with van der Waals surface area (Å²) in [6.07, 6.45) is 0.866. The first-order valence-corrected chi connectivity index (χ1v) is 8.94. The van der Waals surface area contributed by atoms with Crippen molar-refractivity contribution in [2.75, 3.05) is 5.32 Å². The Morgan fingerprint density at radius 3 is 3.00 bits per heavy atom. The number of nitrogens with zero attached hydrogens (tertiary/aromatic N) is 1. The van der Waals surface area contributed by atoms with E-state index in [0.29, 0.717) is 17.2 Å². The number of aromatic nitrogens is 1. The zero-order chi connectivity index (χ0) is 16.6. The minimum atomic E-state index is -0.764. The highest BCUT2D eigenvalue weighted by Crippen LogP contribution is 2.43. The fourth-order valence-electron chi connectivity index (χ4n) is 2.18. The highest BCUT2D eigenvalue weighted by Gasteiger charge is 2.23. The van der Waals surface area contributed by atoms with Crippen LogP contribution >= 0.6 is 38.9 Å². The standard InChI is InChI=1S/C15H15BrClN3O2S/c1-7(18)13(21)15-11(16)12-14(23-15)9(5-10(17)20-12)19-6-8-3-2-4-22-8/h2-5,7,13,21H,6,18H2,1H3,(H,19,20). The van der Waals surface area contributed by atoms with E-state index in [1.54, 1.807) is 19.3 Å². The van der Waals surface area contributed by atoms with Crippen molar-refractivity contribution in [1.82, 2.24) is 4.98 Å². The van der Waals surface area contributed by atoms with E-state index in [1.807, 2.05) is 12.1 Å². The molecule has 0 aromatic carbocycles. The third-order valence-electron chi connectivity index (χ3n) is 3.38. The van der Waals surface area contributed by atoms with Gasteiger partial charge in [0.2, 0.25) is 0 Å². The molecule has 0 spiro atoms. The summed E-state index contributed by atoms with van der Waals surface area (Å²) < 4.78 is 6.96. The second-order valence-electron chi connectivity index (χ2n) is 5.19. The maximum absolute atomic E-state index is 10.3. The van der Waals surface area contributed by atoms with Crippen LogP contribution in [0.1, 0.15) is 23.7 Å². The van der Waals surface area contributed by atoms with E-state index in [0.717, 1.165) is 25.5 Å². The summed E-state index contributed by atoms with van der Waals surface area (Å²) >= 11 is 11.1. The fraction of sp³-hybridized carbons (Fsp3) is 0.267. The molecule has 0 aliphatic heterocycles. The molecule has 0 bridgehead atoms. The summed E-state index contributed by atoms with van der Waals surface area (Å²) in [6.45, 7) is 2.29. The lowest BCUT2D eigenvalue weighted by Crippen LogP contribution is -2.23. The van der Waals surface area contributed by atoms with Crippen LogP contribution in [-0.4, -0.2) is 16.1 Å². The number of fused-ring (bicyclic) bond motifs is 1. The largest absolute Gasteiger partial charge is 0.467 e. The quantitative estimate of drug-likeness (QED) is 0.540. The third kappa shape index (κ3) is 3.39. The van der Waals surface area contributed by atoms with E-state index in [9.17, 15) is 5.11 Å². The maximum atomic E-state index is 10.3. The van der Waals surface area contributed by atoms with Crippen molar-refractivity contribution in [2.24, 2.45) is 5.73 Å². The third-order valence-corrected chi connectivity index (χ3v) is 5.92. The van der Waals surface area contributed by atoms with Gasteiger partial charge in [0.25, 0.3) is 0 Å². The Kier molecular flexibility index (Phi) is 4.93. The molecule has 0 radical (unpaired) electrons. The van der Waals surface area contributed by atoms with Crippen LogP contribution in [0.5, 0.6) is 0 Å². The van der Waals surface area contributed by atoms with Gasteiger partial charge in [-0.1, -0.05) is 11.6 Å². The number of halogens is 2. The normalized spacial score (nSPS) is 14.1. The van der Waals surface area contributed by atoms with Gasteiger partial charge in [-0.3, -0.25) is 0 Å². The number of anilines is 1. The number of thiophene rings is 1. The van der Waals surface area contributed by atoms with E-state index < -0.39 is 6.10 Å². The number of pyridine rings is 1. The topological polar surface area (TPSA) is 84.3 Å². The molecule has 3 rings (SSSR count). The van der Waals surface area contributed by atoms with Crippen molar-refractivity contribution >= 4 is 54.8 Å². The first-order valence-electron chi connectivity index (χ1n) is 6.95. The number of hydrogen-bond donors (Lipinski definition) is 3. The molecule has 0 aliphatic rings. The summed E-state index contributed by atoms with van der Waals surface area (Å²) in [5.74, 6) is 0.817. The first kappa shape index (κ1) is 16.7. The molecule has 2 unspecified atom stereocenters. The van der Waals surface area contributed by atoms with Crippen molar-refractivity contribution in [3.63, 3.8) is 0 Å². The molecule has 4 N–H and O–H groups in total. The van der Waals surface area contributed by atoms with Crippen LogP contribution in [-0.2, 0) is 6.54 Å². The lowest BCUT2D eigenvalue weighted by molar-refractivity contribution is 0.156. The lowest BCUT2D eigenvalue weighted by Gasteiger charge is -2.12. The van der Waals surface area contributed by atoms with Crippen LogP contribution in [0.2, 0.25) is 5.15 Å². The molecule has 8 heteroatoms.